The minimum absolute atomic E-state index is 0. The third-order valence-corrected chi connectivity index (χ3v) is 5.75. The van der Waals surface area contributed by atoms with Crippen LogP contribution in [0.15, 0.2) is 79.0 Å². The molecule has 0 aliphatic heterocycles. The van der Waals surface area contributed by atoms with Gasteiger partial charge in [0.25, 0.3) is 0 Å². The maximum atomic E-state index is 9.23. The Bertz CT molecular complexity index is 1200. The van der Waals surface area contributed by atoms with E-state index >= 15 is 0 Å². The fraction of sp³-hybridized carbons (Fsp3) is 0.312. The molecule has 0 bridgehead atoms. The maximum Gasteiger partial charge on any atom is 0.0873 e. The Balaban J connectivity index is 0.000000376. The summed E-state index contributed by atoms with van der Waals surface area (Å²) >= 11 is 0. The molecule has 1 heterocycles. The minimum Gasteiger partial charge on any atom is -0.393 e. The van der Waals surface area contributed by atoms with E-state index in [0.717, 1.165) is 40.2 Å². The molecule has 0 aliphatic rings. The average molecular weight is 674 g/mol. The van der Waals surface area contributed by atoms with Crippen molar-refractivity contribution in [3.63, 3.8) is 0 Å². The Morgan fingerprint density at radius 1 is 0.757 bits per heavy atom. The second-order valence-corrected chi connectivity index (χ2v) is 9.83. The van der Waals surface area contributed by atoms with Crippen LogP contribution in [-0.4, -0.2) is 32.4 Å². The molecular formula is C32H37IrN2O2-. The monoisotopic (exact) mass is 674 g/mol. The molecule has 197 valence electrons. The second kappa shape index (κ2) is 14.9. The number of aliphatic hydroxyl groups excluding tert-OH is 2. The van der Waals surface area contributed by atoms with Crippen molar-refractivity contribution >= 4 is 0 Å². The SMILES string of the molecule is CC(C)CC(O)CC(C)O.Cc1c[c-]c(-c2ncc(-c3ccccc3)nc2-c2ccc(C)cc2)cc1.[Ir]. The van der Waals surface area contributed by atoms with Gasteiger partial charge in [0.15, 0.2) is 0 Å². The molecule has 2 unspecified atom stereocenters. The molecule has 5 heteroatoms. The van der Waals surface area contributed by atoms with Crippen LogP contribution < -0.4 is 0 Å². The van der Waals surface area contributed by atoms with E-state index in [-0.39, 0.29) is 32.3 Å². The number of rotatable bonds is 7. The molecule has 0 spiro atoms. The smallest absolute Gasteiger partial charge is 0.0873 e. The number of hydrogen-bond acceptors (Lipinski definition) is 4. The molecule has 0 fully saturated rings. The van der Waals surface area contributed by atoms with Gasteiger partial charge in [-0.3, -0.25) is 4.98 Å². The van der Waals surface area contributed by atoms with E-state index in [1.807, 2.05) is 30.5 Å². The molecule has 1 radical (unpaired) electrons. The van der Waals surface area contributed by atoms with Gasteiger partial charge in [-0.25, -0.2) is 0 Å². The van der Waals surface area contributed by atoms with E-state index in [1.165, 1.54) is 11.1 Å². The van der Waals surface area contributed by atoms with E-state index in [4.69, 9.17) is 15.1 Å². The van der Waals surface area contributed by atoms with Crippen molar-refractivity contribution in [3.05, 3.63) is 96.2 Å². The van der Waals surface area contributed by atoms with E-state index < -0.39 is 0 Å². The van der Waals surface area contributed by atoms with Gasteiger partial charge in [-0.05, 0) is 38.2 Å². The van der Waals surface area contributed by atoms with Gasteiger partial charge in [0, 0.05) is 37.6 Å². The Hall–Kier alpha value is -2.69. The molecule has 4 aromatic rings. The van der Waals surface area contributed by atoms with Gasteiger partial charge in [-0.15, -0.1) is 35.4 Å². The van der Waals surface area contributed by atoms with E-state index in [9.17, 15) is 5.11 Å². The first kappa shape index (κ1) is 30.5. The fourth-order valence-corrected chi connectivity index (χ4v) is 3.93. The number of aromatic nitrogens is 2. The Kier molecular flexibility index (Phi) is 12.3. The predicted molar refractivity (Wildman–Crippen MR) is 148 cm³/mol. The summed E-state index contributed by atoms with van der Waals surface area (Å²) in [4.78, 5) is 9.72. The third kappa shape index (κ3) is 9.60. The van der Waals surface area contributed by atoms with Crippen molar-refractivity contribution in [1.29, 1.82) is 0 Å². The van der Waals surface area contributed by atoms with Gasteiger partial charge in [0.2, 0.25) is 0 Å². The van der Waals surface area contributed by atoms with Crippen LogP contribution in [0.25, 0.3) is 33.8 Å². The van der Waals surface area contributed by atoms with Crippen LogP contribution >= 0.6 is 0 Å². The summed E-state index contributed by atoms with van der Waals surface area (Å²) in [7, 11) is 0. The van der Waals surface area contributed by atoms with Gasteiger partial charge in [-0.2, -0.15) is 0 Å². The van der Waals surface area contributed by atoms with Crippen molar-refractivity contribution in [2.75, 3.05) is 0 Å². The molecule has 0 saturated heterocycles. The summed E-state index contributed by atoms with van der Waals surface area (Å²) in [6.07, 6.45) is 2.41. The van der Waals surface area contributed by atoms with E-state index in [1.54, 1.807) is 6.92 Å². The zero-order valence-electron chi connectivity index (χ0n) is 22.3. The van der Waals surface area contributed by atoms with Crippen molar-refractivity contribution in [3.8, 4) is 33.8 Å². The number of nitrogens with zero attached hydrogens (tertiary/aromatic N) is 2. The number of aryl methyl sites for hydroxylation is 2. The maximum absolute atomic E-state index is 9.23. The number of benzene rings is 3. The quantitative estimate of drug-likeness (QED) is 0.206. The molecule has 0 saturated carbocycles. The summed E-state index contributed by atoms with van der Waals surface area (Å²) in [5.74, 6) is 0.508. The average Bonchev–Trinajstić information content (AvgIpc) is 2.85. The molecule has 0 aliphatic carbocycles. The zero-order chi connectivity index (χ0) is 26.1. The molecule has 3 aromatic carbocycles. The fourth-order valence-electron chi connectivity index (χ4n) is 3.93. The van der Waals surface area contributed by atoms with Gasteiger partial charge in [-0.1, -0.05) is 80.9 Å². The first-order valence-corrected chi connectivity index (χ1v) is 12.6. The predicted octanol–water partition coefficient (Wildman–Crippen LogP) is 7.06. The van der Waals surface area contributed by atoms with Gasteiger partial charge < -0.3 is 15.2 Å². The van der Waals surface area contributed by atoms with Crippen LogP contribution in [-0.2, 0) is 20.1 Å². The third-order valence-electron chi connectivity index (χ3n) is 5.75. The van der Waals surface area contributed by atoms with Crippen LogP contribution in [0.2, 0.25) is 0 Å². The summed E-state index contributed by atoms with van der Waals surface area (Å²) in [5, 5.41) is 18.1. The second-order valence-electron chi connectivity index (χ2n) is 9.83. The van der Waals surface area contributed by atoms with Crippen molar-refractivity contribution in [2.24, 2.45) is 5.92 Å². The van der Waals surface area contributed by atoms with Crippen molar-refractivity contribution in [1.82, 2.24) is 9.97 Å². The minimum atomic E-state index is -0.381. The molecule has 2 atom stereocenters. The molecule has 2 N–H and O–H groups in total. The van der Waals surface area contributed by atoms with E-state index in [2.05, 4.69) is 82.3 Å². The van der Waals surface area contributed by atoms with Crippen LogP contribution in [0.5, 0.6) is 0 Å². The van der Waals surface area contributed by atoms with Gasteiger partial charge in [0.1, 0.15) is 0 Å². The Morgan fingerprint density at radius 3 is 1.97 bits per heavy atom. The Labute approximate surface area is 235 Å². The Morgan fingerprint density at radius 2 is 1.41 bits per heavy atom. The summed E-state index contributed by atoms with van der Waals surface area (Å²) in [6, 6.07) is 28.0. The van der Waals surface area contributed by atoms with Crippen LogP contribution in [0.3, 0.4) is 0 Å². The van der Waals surface area contributed by atoms with Crippen molar-refractivity contribution < 1.29 is 30.3 Å². The summed E-state index contributed by atoms with van der Waals surface area (Å²) in [5.41, 5.74) is 8.09. The molecule has 4 rings (SSSR count). The largest absolute Gasteiger partial charge is 0.393 e. The molecule has 0 amide bonds. The van der Waals surface area contributed by atoms with Crippen LogP contribution in [0, 0.1) is 25.8 Å². The normalized spacial score (nSPS) is 12.2. The van der Waals surface area contributed by atoms with E-state index in [0.29, 0.717) is 12.3 Å². The van der Waals surface area contributed by atoms with Crippen molar-refractivity contribution in [2.45, 2.75) is 59.7 Å². The molecule has 37 heavy (non-hydrogen) atoms. The summed E-state index contributed by atoms with van der Waals surface area (Å²) < 4.78 is 0. The summed E-state index contributed by atoms with van der Waals surface area (Å²) in [6.45, 7) is 9.97. The topological polar surface area (TPSA) is 66.2 Å². The van der Waals surface area contributed by atoms with Gasteiger partial charge in [0.05, 0.1) is 23.6 Å². The first-order chi connectivity index (χ1) is 17.2. The number of aliphatic hydroxyl groups is 2. The zero-order valence-corrected chi connectivity index (χ0v) is 24.7. The first-order valence-electron chi connectivity index (χ1n) is 12.6. The number of hydrogen-bond donors (Lipinski definition) is 2. The van der Waals surface area contributed by atoms with Gasteiger partial charge >= 0.3 is 0 Å². The standard InChI is InChI=1S/C24H19N2.C8H18O2.Ir/c1-17-8-12-20(13-9-17)23-24(21-14-10-18(2)11-15-21)26-22(16-25-23)19-6-4-3-5-7-19;1-6(2)4-8(10)5-7(3)9;/h3-12,14-16H,1-2H3;6-10H,4-5H2,1-3H3;/q-1;;. The molecule has 1 aromatic heterocycles. The van der Waals surface area contributed by atoms with Crippen LogP contribution in [0.4, 0.5) is 0 Å². The van der Waals surface area contributed by atoms with Crippen LogP contribution in [0.1, 0.15) is 44.7 Å². The molecular weight excluding hydrogens is 637 g/mol. The molecule has 4 nitrogen and oxygen atoms in total.